The van der Waals surface area contributed by atoms with Crippen molar-refractivity contribution in [2.24, 2.45) is 4.99 Å². The summed E-state index contributed by atoms with van der Waals surface area (Å²) in [6, 6.07) is 80.0. The molecule has 0 aromatic heterocycles. The maximum atomic E-state index is 5.14. The van der Waals surface area contributed by atoms with Crippen molar-refractivity contribution in [3.05, 3.63) is 281 Å². The standard InChI is InChI=1S/C57H40N2.C7H8/c1-3-13-39(14-4-1)41-27-25-38(26-28-41)36-58-37-45-17-11-21-51-55(45)48-35-44(43-31-29-42(30-32-43)40-15-5-2-6-16-40)33-34-49(48)57(51)50-20-8-10-24-54(50)59-53-23-9-7-18-46(53)47-19-12-22-52(57)56(47)59;1-7-5-3-2-4-6-7/h1-22,24-35,37,53H,23,36H2;2-6H,1H3. The Kier molecular flexibility index (Phi) is 9.87. The summed E-state index contributed by atoms with van der Waals surface area (Å²) < 4.78 is 0. The van der Waals surface area contributed by atoms with Gasteiger partial charge in [0.2, 0.25) is 0 Å². The summed E-state index contributed by atoms with van der Waals surface area (Å²) in [5.74, 6) is 0. The summed E-state index contributed by atoms with van der Waals surface area (Å²) in [6.07, 6.45) is 10.0. The molecule has 0 amide bonds. The van der Waals surface area contributed by atoms with Crippen LogP contribution in [0.4, 0.5) is 11.4 Å². The van der Waals surface area contributed by atoms with E-state index in [1.54, 1.807) is 0 Å². The van der Waals surface area contributed by atoms with Crippen molar-refractivity contribution >= 4 is 23.2 Å². The predicted octanol–water partition coefficient (Wildman–Crippen LogP) is 15.8. The SMILES string of the molecule is C1=CCC2C(=C1)c1cccc3c1N2c1ccccc1C31c2ccc(-c3ccc(-c4ccccc4)cc3)cc2-c2c(C=NCc3ccc(-c4ccccc4)cc3)cccc21.Cc1ccccc1. The molecule has 2 atom stereocenters. The highest BCUT2D eigenvalue weighted by molar-refractivity contribution is 6.05. The fraction of sp³-hybridized carbons (Fsp3) is 0.0781. The average Bonchev–Trinajstić information content (AvgIpc) is 3.88. The second kappa shape index (κ2) is 16.5. The molecule has 9 aromatic carbocycles. The van der Waals surface area contributed by atoms with Crippen molar-refractivity contribution in [2.75, 3.05) is 4.90 Å². The lowest BCUT2D eigenvalue weighted by Gasteiger charge is -2.45. The van der Waals surface area contributed by atoms with Crippen molar-refractivity contribution in [2.45, 2.75) is 31.3 Å². The first kappa shape index (κ1) is 39.5. The molecule has 2 heteroatoms. The number of rotatable bonds is 6. The molecule has 2 unspecified atom stereocenters. The predicted molar refractivity (Wildman–Crippen MR) is 277 cm³/mol. The molecule has 2 heterocycles. The second-order valence-corrected chi connectivity index (χ2v) is 17.8. The molecule has 9 aromatic rings. The molecule has 66 heavy (non-hydrogen) atoms. The topological polar surface area (TPSA) is 15.6 Å². The third kappa shape index (κ3) is 6.52. The Morgan fingerprint density at radius 2 is 1.09 bits per heavy atom. The molecule has 2 nitrogen and oxygen atoms in total. The first-order chi connectivity index (χ1) is 32.7. The Balaban J connectivity index is 0.000000599. The molecule has 0 bridgehead atoms. The van der Waals surface area contributed by atoms with Gasteiger partial charge >= 0.3 is 0 Å². The van der Waals surface area contributed by atoms with E-state index < -0.39 is 5.41 Å². The summed E-state index contributed by atoms with van der Waals surface area (Å²) in [6.45, 7) is 2.69. The highest BCUT2D eigenvalue weighted by Gasteiger charge is 2.55. The third-order valence-corrected chi connectivity index (χ3v) is 14.0. The van der Waals surface area contributed by atoms with Crippen LogP contribution in [0.5, 0.6) is 0 Å². The highest BCUT2D eigenvalue weighted by Crippen LogP contribution is 2.66. The summed E-state index contributed by atoms with van der Waals surface area (Å²) >= 11 is 0. The molecule has 2 aliphatic carbocycles. The van der Waals surface area contributed by atoms with Gasteiger partial charge in [0.05, 0.1) is 23.7 Å². The summed E-state index contributed by atoms with van der Waals surface area (Å²) in [7, 11) is 0. The molecule has 0 fully saturated rings. The van der Waals surface area contributed by atoms with Crippen LogP contribution in [0.25, 0.3) is 50.1 Å². The molecule has 0 saturated carbocycles. The van der Waals surface area contributed by atoms with Gasteiger partial charge in [0, 0.05) is 23.0 Å². The number of fused-ring (bicyclic) bond motifs is 12. The van der Waals surface area contributed by atoms with Crippen LogP contribution in [-0.4, -0.2) is 12.3 Å². The zero-order valence-corrected chi connectivity index (χ0v) is 37.0. The van der Waals surface area contributed by atoms with E-state index in [1.807, 2.05) is 18.2 Å². The zero-order valence-electron chi connectivity index (χ0n) is 37.0. The molecule has 0 N–H and O–H groups in total. The molecule has 4 aliphatic rings. The van der Waals surface area contributed by atoms with Crippen LogP contribution in [0, 0.1) is 6.92 Å². The van der Waals surface area contributed by atoms with Gasteiger partial charge in [-0.2, -0.15) is 0 Å². The Labute approximate surface area is 388 Å². The summed E-state index contributed by atoms with van der Waals surface area (Å²) in [4.78, 5) is 7.79. The van der Waals surface area contributed by atoms with Gasteiger partial charge in [-0.1, -0.05) is 230 Å². The normalized spacial score (nSPS) is 16.7. The van der Waals surface area contributed by atoms with Gasteiger partial charge < -0.3 is 4.90 Å². The number of benzene rings is 9. The van der Waals surface area contributed by atoms with Crippen molar-refractivity contribution in [3.63, 3.8) is 0 Å². The molecular weight excluding hydrogens is 797 g/mol. The minimum absolute atomic E-state index is 0.288. The lowest BCUT2D eigenvalue weighted by atomic mass is 9.64. The number of para-hydroxylation sites is 2. The van der Waals surface area contributed by atoms with Gasteiger partial charge in [-0.3, -0.25) is 4.99 Å². The molecule has 0 radical (unpaired) electrons. The van der Waals surface area contributed by atoms with Crippen LogP contribution in [0.1, 0.15) is 50.9 Å². The number of allylic oxidation sites excluding steroid dienone is 2. The fourth-order valence-electron chi connectivity index (χ4n) is 11.0. The second-order valence-electron chi connectivity index (χ2n) is 17.8. The number of hydrogen-bond donors (Lipinski definition) is 0. The van der Waals surface area contributed by atoms with E-state index in [4.69, 9.17) is 4.99 Å². The van der Waals surface area contributed by atoms with Gasteiger partial charge in [0.1, 0.15) is 0 Å². The molecule has 2 aliphatic heterocycles. The third-order valence-electron chi connectivity index (χ3n) is 14.0. The number of nitrogens with zero attached hydrogens (tertiary/aromatic N) is 2. The van der Waals surface area contributed by atoms with E-state index in [0.717, 1.165) is 12.0 Å². The lowest BCUT2D eigenvalue weighted by molar-refractivity contribution is 0.721. The number of anilines is 2. The molecule has 1 spiro atoms. The molecule has 13 rings (SSSR count). The first-order valence-electron chi connectivity index (χ1n) is 23.2. The number of aliphatic imine (C=N–C) groups is 1. The maximum Gasteiger partial charge on any atom is 0.0754 e. The van der Waals surface area contributed by atoms with E-state index in [0.29, 0.717) is 6.54 Å². The fourth-order valence-corrected chi connectivity index (χ4v) is 11.0. The average molecular weight is 845 g/mol. The van der Waals surface area contributed by atoms with Gasteiger partial charge in [-0.15, -0.1) is 0 Å². The van der Waals surface area contributed by atoms with E-state index >= 15 is 0 Å². The van der Waals surface area contributed by atoms with Crippen molar-refractivity contribution in [1.82, 2.24) is 0 Å². The Hall–Kier alpha value is -8.07. The van der Waals surface area contributed by atoms with Gasteiger partial charge in [-0.25, -0.2) is 0 Å². The van der Waals surface area contributed by atoms with Crippen LogP contribution in [-0.2, 0) is 12.0 Å². The van der Waals surface area contributed by atoms with Crippen molar-refractivity contribution < 1.29 is 0 Å². The van der Waals surface area contributed by atoms with Crippen LogP contribution >= 0.6 is 0 Å². The van der Waals surface area contributed by atoms with Crippen molar-refractivity contribution in [1.29, 1.82) is 0 Å². The Morgan fingerprint density at radius 3 is 1.79 bits per heavy atom. The minimum atomic E-state index is -0.503. The summed E-state index contributed by atoms with van der Waals surface area (Å²) in [5.41, 5.74) is 23.8. The quantitative estimate of drug-likeness (QED) is 0.152. The van der Waals surface area contributed by atoms with Gasteiger partial charge in [0.25, 0.3) is 0 Å². The lowest BCUT2D eigenvalue weighted by Crippen LogP contribution is -2.39. The minimum Gasteiger partial charge on any atom is -0.332 e. The first-order valence-corrected chi connectivity index (χ1v) is 23.2. The van der Waals surface area contributed by atoms with Crippen LogP contribution in [0.15, 0.2) is 242 Å². The van der Waals surface area contributed by atoms with E-state index in [2.05, 4.69) is 236 Å². The molecular formula is C64H48N2. The Bertz CT molecular complexity index is 3340. The van der Waals surface area contributed by atoms with Crippen LogP contribution in [0.2, 0.25) is 0 Å². The number of hydrogen-bond acceptors (Lipinski definition) is 2. The Morgan fingerprint density at radius 1 is 0.515 bits per heavy atom. The van der Waals surface area contributed by atoms with E-state index in [1.165, 1.54) is 100 Å². The largest absolute Gasteiger partial charge is 0.332 e. The van der Waals surface area contributed by atoms with Crippen molar-refractivity contribution in [3.8, 4) is 44.5 Å². The van der Waals surface area contributed by atoms with Crippen LogP contribution in [0.3, 0.4) is 0 Å². The smallest absolute Gasteiger partial charge is 0.0754 e. The van der Waals surface area contributed by atoms with Gasteiger partial charge in [-0.05, 0) is 103 Å². The van der Waals surface area contributed by atoms with Gasteiger partial charge in [0.15, 0.2) is 0 Å². The highest BCUT2D eigenvalue weighted by atomic mass is 15.2. The van der Waals surface area contributed by atoms with E-state index in [-0.39, 0.29) is 6.04 Å². The zero-order chi connectivity index (χ0) is 44.0. The van der Waals surface area contributed by atoms with E-state index in [9.17, 15) is 0 Å². The molecule has 0 saturated heterocycles. The monoisotopic (exact) mass is 844 g/mol. The summed E-state index contributed by atoms with van der Waals surface area (Å²) in [5, 5.41) is 0. The molecule has 314 valence electrons. The van der Waals surface area contributed by atoms with Crippen LogP contribution < -0.4 is 4.90 Å². The number of aryl methyl sites for hydroxylation is 1. The maximum absolute atomic E-state index is 5.14.